The van der Waals surface area contributed by atoms with Crippen LogP contribution >= 0.6 is 11.6 Å². The Hall–Kier alpha value is -1.33. The number of benzene rings is 1. The molecular formula is C15H20ClN3O2. The molecule has 0 aromatic heterocycles. The number of anilines is 1. The maximum Gasteiger partial charge on any atom is 0.294 e. The van der Waals surface area contributed by atoms with Crippen LogP contribution < -0.4 is 4.90 Å². The summed E-state index contributed by atoms with van der Waals surface area (Å²) in [6.07, 6.45) is 4.83. The van der Waals surface area contributed by atoms with E-state index in [1.54, 1.807) is 12.1 Å². The molecule has 6 heteroatoms. The molecular weight excluding hydrogens is 290 g/mol. The SMILES string of the molecule is O=[N+]([O-])c1cc(Cl)ccc1N1CCCC(N2CCCC2)C1. The third kappa shape index (κ3) is 3.14. The Balaban J connectivity index is 1.81. The lowest BCUT2D eigenvalue weighted by Gasteiger charge is -2.38. The van der Waals surface area contributed by atoms with E-state index in [4.69, 9.17) is 11.6 Å². The van der Waals surface area contributed by atoms with Gasteiger partial charge in [-0.15, -0.1) is 0 Å². The molecule has 1 aromatic carbocycles. The van der Waals surface area contributed by atoms with Crippen LogP contribution in [0.15, 0.2) is 18.2 Å². The molecule has 0 radical (unpaired) electrons. The van der Waals surface area contributed by atoms with E-state index in [1.165, 1.54) is 38.4 Å². The van der Waals surface area contributed by atoms with Gasteiger partial charge in [-0.2, -0.15) is 0 Å². The molecule has 0 amide bonds. The lowest BCUT2D eigenvalue weighted by atomic mass is 10.0. The monoisotopic (exact) mass is 309 g/mol. The van der Waals surface area contributed by atoms with Crippen molar-refractivity contribution in [3.63, 3.8) is 0 Å². The quantitative estimate of drug-likeness (QED) is 0.635. The molecule has 2 aliphatic heterocycles. The molecule has 0 saturated carbocycles. The van der Waals surface area contributed by atoms with Crippen LogP contribution in [0.4, 0.5) is 11.4 Å². The number of halogens is 1. The molecule has 3 rings (SSSR count). The van der Waals surface area contributed by atoms with Gasteiger partial charge in [0.1, 0.15) is 5.69 Å². The van der Waals surface area contributed by atoms with E-state index in [0.29, 0.717) is 16.8 Å². The number of hydrogen-bond donors (Lipinski definition) is 0. The Morgan fingerprint density at radius 2 is 1.95 bits per heavy atom. The predicted molar refractivity (Wildman–Crippen MR) is 84.1 cm³/mol. The first kappa shape index (κ1) is 14.6. The van der Waals surface area contributed by atoms with Crippen LogP contribution in [0, 0.1) is 10.1 Å². The maximum atomic E-state index is 11.3. The van der Waals surface area contributed by atoms with E-state index < -0.39 is 0 Å². The van der Waals surface area contributed by atoms with Gasteiger partial charge in [0, 0.05) is 30.2 Å². The van der Waals surface area contributed by atoms with Gasteiger partial charge in [0.2, 0.25) is 0 Å². The molecule has 1 aromatic rings. The smallest absolute Gasteiger partial charge is 0.294 e. The minimum absolute atomic E-state index is 0.115. The first-order valence-electron chi connectivity index (χ1n) is 7.58. The topological polar surface area (TPSA) is 49.6 Å². The fourth-order valence-corrected chi connectivity index (χ4v) is 3.65. The summed E-state index contributed by atoms with van der Waals surface area (Å²) in [5.74, 6) is 0. The van der Waals surface area contributed by atoms with Gasteiger partial charge in [0.15, 0.2) is 0 Å². The highest BCUT2D eigenvalue weighted by Crippen LogP contribution is 2.33. The van der Waals surface area contributed by atoms with Crippen LogP contribution in [0.1, 0.15) is 25.7 Å². The van der Waals surface area contributed by atoms with Crippen molar-refractivity contribution >= 4 is 23.0 Å². The number of likely N-dealkylation sites (tertiary alicyclic amines) is 1. The van der Waals surface area contributed by atoms with Gasteiger partial charge in [-0.25, -0.2) is 0 Å². The number of nitrogens with zero attached hydrogens (tertiary/aromatic N) is 3. The fourth-order valence-electron chi connectivity index (χ4n) is 3.49. The van der Waals surface area contributed by atoms with E-state index in [9.17, 15) is 10.1 Å². The standard InChI is InChI=1S/C15H20ClN3O2/c16-12-5-6-14(15(10-12)19(20)21)18-9-3-4-13(11-18)17-7-1-2-8-17/h5-6,10,13H,1-4,7-9,11H2. The molecule has 1 atom stereocenters. The third-order valence-electron chi connectivity index (χ3n) is 4.53. The number of nitro benzene ring substituents is 1. The molecule has 0 spiro atoms. The van der Waals surface area contributed by atoms with E-state index in [1.807, 2.05) is 0 Å². The number of piperidine rings is 1. The van der Waals surface area contributed by atoms with Crippen LogP contribution in [0.2, 0.25) is 5.02 Å². The van der Waals surface area contributed by atoms with E-state index in [0.717, 1.165) is 19.5 Å². The minimum Gasteiger partial charge on any atom is -0.364 e. The predicted octanol–water partition coefficient (Wildman–Crippen LogP) is 3.31. The largest absolute Gasteiger partial charge is 0.364 e. The highest BCUT2D eigenvalue weighted by molar-refractivity contribution is 6.30. The van der Waals surface area contributed by atoms with Crippen molar-refractivity contribution in [1.82, 2.24) is 4.90 Å². The van der Waals surface area contributed by atoms with Crippen LogP contribution in [0.3, 0.4) is 0 Å². The van der Waals surface area contributed by atoms with Gasteiger partial charge in [-0.1, -0.05) is 11.6 Å². The molecule has 21 heavy (non-hydrogen) atoms. The molecule has 2 fully saturated rings. The van der Waals surface area contributed by atoms with Gasteiger partial charge in [-0.3, -0.25) is 15.0 Å². The summed E-state index contributed by atoms with van der Waals surface area (Å²) in [6.45, 7) is 4.09. The third-order valence-corrected chi connectivity index (χ3v) is 4.76. The van der Waals surface area contributed by atoms with Crippen molar-refractivity contribution in [3.05, 3.63) is 33.3 Å². The first-order chi connectivity index (χ1) is 10.1. The summed E-state index contributed by atoms with van der Waals surface area (Å²) < 4.78 is 0. The Morgan fingerprint density at radius 1 is 1.19 bits per heavy atom. The summed E-state index contributed by atoms with van der Waals surface area (Å²) in [4.78, 5) is 15.6. The van der Waals surface area contributed by atoms with Crippen LogP contribution in [0.5, 0.6) is 0 Å². The normalized spacial score (nSPS) is 23.5. The van der Waals surface area contributed by atoms with E-state index in [2.05, 4.69) is 9.80 Å². The molecule has 2 aliphatic rings. The average Bonchev–Trinajstić information content (AvgIpc) is 3.01. The zero-order chi connectivity index (χ0) is 14.8. The van der Waals surface area contributed by atoms with Crippen molar-refractivity contribution in [2.24, 2.45) is 0 Å². The van der Waals surface area contributed by atoms with Gasteiger partial charge < -0.3 is 4.90 Å². The highest BCUT2D eigenvalue weighted by atomic mass is 35.5. The van der Waals surface area contributed by atoms with Crippen LogP contribution in [0.25, 0.3) is 0 Å². The maximum absolute atomic E-state index is 11.3. The Morgan fingerprint density at radius 3 is 2.67 bits per heavy atom. The van der Waals surface area contributed by atoms with E-state index >= 15 is 0 Å². The lowest BCUT2D eigenvalue weighted by molar-refractivity contribution is -0.384. The zero-order valence-electron chi connectivity index (χ0n) is 12.0. The summed E-state index contributed by atoms with van der Waals surface area (Å²) in [6, 6.07) is 5.50. The number of hydrogen-bond acceptors (Lipinski definition) is 4. The Kier molecular flexibility index (Phi) is 4.31. The van der Waals surface area contributed by atoms with Crippen molar-refractivity contribution in [2.45, 2.75) is 31.7 Å². The second-order valence-corrected chi connectivity index (χ2v) is 6.31. The van der Waals surface area contributed by atoms with Crippen LogP contribution in [-0.2, 0) is 0 Å². The van der Waals surface area contributed by atoms with Crippen molar-refractivity contribution in [1.29, 1.82) is 0 Å². The molecule has 2 saturated heterocycles. The second kappa shape index (κ2) is 6.20. The highest BCUT2D eigenvalue weighted by Gasteiger charge is 2.29. The van der Waals surface area contributed by atoms with Gasteiger partial charge >= 0.3 is 0 Å². The van der Waals surface area contributed by atoms with Crippen molar-refractivity contribution < 1.29 is 4.92 Å². The Bertz CT molecular complexity index is 532. The summed E-state index contributed by atoms with van der Waals surface area (Å²) in [5.41, 5.74) is 0.817. The molecule has 0 bridgehead atoms. The van der Waals surface area contributed by atoms with Gasteiger partial charge in [0.25, 0.3) is 5.69 Å². The fraction of sp³-hybridized carbons (Fsp3) is 0.600. The molecule has 1 unspecified atom stereocenters. The van der Waals surface area contributed by atoms with Crippen molar-refractivity contribution in [2.75, 3.05) is 31.1 Å². The molecule has 0 N–H and O–H groups in total. The minimum atomic E-state index is -0.333. The van der Waals surface area contributed by atoms with E-state index in [-0.39, 0.29) is 10.6 Å². The summed E-state index contributed by atoms with van der Waals surface area (Å²) in [7, 11) is 0. The van der Waals surface area contributed by atoms with Gasteiger partial charge in [0.05, 0.1) is 4.92 Å². The van der Waals surface area contributed by atoms with Crippen molar-refractivity contribution in [3.8, 4) is 0 Å². The average molecular weight is 310 g/mol. The molecule has 0 aliphatic carbocycles. The summed E-state index contributed by atoms with van der Waals surface area (Å²) >= 11 is 5.90. The first-order valence-corrected chi connectivity index (χ1v) is 7.96. The molecule has 5 nitrogen and oxygen atoms in total. The second-order valence-electron chi connectivity index (χ2n) is 5.88. The number of rotatable bonds is 3. The summed E-state index contributed by atoms with van der Waals surface area (Å²) in [5, 5.41) is 11.7. The number of nitro groups is 1. The Labute approximate surface area is 129 Å². The molecule has 2 heterocycles. The lowest BCUT2D eigenvalue weighted by Crippen LogP contribution is -2.47. The van der Waals surface area contributed by atoms with Crippen LogP contribution in [-0.4, -0.2) is 42.0 Å². The molecule has 114 valence electrons. The van der Waals surface area contributed by atoms with Gasteiger partial charge in [-0.05, 0) is 50.9 Å². The zero-order valence-corrected chi connectivity index (χ0v) is 12.8.